The van der Waals surface area contributed by atoms with E-state index in [1.807, 2.05) is 36.5 Å². The molecule has 0 bridgehead atoms. The Hall–Kier alpha value is -2.18. The molecule has 1 aromatic carbocycles. The lowest BCUT2D eigenvalue weighted by Gasteiger charge is -2.20. The zero-order valence-electron chi connectivity index (χ0n) is 11.2. The maximum Gasteiger partial charge on any atom is 0.0991 e. The van der Waals surface area contributed by atoms with E-state index in [0.717, 1.165) is 0 Å². The summed E-state index contributed by atoms with van der Waals surface area (Å²) in [5, 5.41) is 12.3. The molecule has 0 aliphatic heterocycles. The number of aromatic nitrogens is 1. The topological polar surface area (TPSA) is 48.7 Å². The van der Waals surface area contributed by atoms with Crippen molar-refractivity contribution < 1.29 is 0 Å². The van der Waals surface area contributed by atoms with Gasteiger partial charge in [-0.15, -0.1) is 0 Å². The molecule has 0 amide bonds. The quantitative estimate of drug-likeness (QED) is 0.906. The molecule has 1 heterocycles. The summed E-state index contributed by atoms with van der Waals surface area (Å²) in [5.41, 5.74) is 3.04. The Morgan fingerprint density at radius 2 is 1.74 bits per heavy atom. The average Bonchev–Trinajstić information content (AvgIpc) is 2.48. The highest BCUT2D eigenvalue weighted by molar-refractivity contribution is 5.32. The summed E-state index contributed by atoms with van der Waals surface area (Å²) in [7, 11) is 0. The van der Waals surface area contributed by atoms with E-state index < -0.39 is 0 Å². The van der Waals surface area contributed by atoms with Crippen molar-refractivity contribution in [3.8, 4) is 6.07 Å². The SMILES string of the molecule is CC(NC(C)c1cccnc1)c1ccc(C#N)cc1. The molecular formula is C16H17N3. The van der Waals surface area contributed by atoms with E-state index in [0.29, 0.717) is 5.56 Å². The fourth-order valence-corrected chi connectivity index (χ4v) is 2.05. The lowest BCUT2D eigenvalue weighted by atomic mass is 10.0. The zero-order valence-corrected chi connectivity index (χ0v) is 11.2. The van der Waals surface area contributed by atoms with Gasteiger partial charge in [0.1, 0.15) is 0 Å². The van der Waals surface area contributed by atoms with Crippen LogP contribution in [0.4, 0.5) is 0 Å². The van der Waals surface area contributed by atoms with Gasteiger partial charge in [-0.1, -0.05) is 18.2 Å². The van der Waals surface area contributed by atoms with Crippen LogP contribution in [-0.4, -0.2) is 4.98 Å². The number of pyridine rings is 1. The Kier molecular flexibility index (Phi) is 4.27. The summed E-state index contributed by atoms with van der Waals surface area (Å²) in [4.78, 5) is 4.13. The Bertz CT molecular complexity index is 555. The molecule has 0 fully saturated rings. The Labute approximate surface area is 113 Å². The molecule has 2 aromatic rings. The highest BCUT2D eigenvalue weighted by Crippen LogP contribution is 2.19. The monoisotopic (exact) mass is 251 g/mol. The lowest BCUT2D eigenvalue weighted by Crippen LogP contribution is -2.22. The third-order valence-electron chi connectivity index (χ3n) is 3.22. The summed E-state index contributed by atoms with van der Waals surface area (Å²) in [6.45, 7) is 4.24. The maximum absolute atomic E-state index is 8.79. The van der Waals surface area contributed by atoms with Crippen LogP contribution >= 0.6 is 0 Å². The first kappa shape index (κ1) is 13.3. The summed E-state index contributed by atoms with van der Waals surface area (Å²) in [6.07, 6.45) is 3.66. The van der Waals surface area contributed by atoms with Crippen molar-refractivity contribution in [2.24, 2.45) is 0 Å². The van der Waals surface area contributed by atoms with Crippen LogP contribution in [0, 0.1) is 11.3 Å². The summed E-state index contributed by atoms with van der Waals surface area (Å²) < 4.78 is 0. The van der Waals surface area contributed by atoms with E-state index in [9.17, 15) is 0 Å². The first-order valence-corrected chi connectivity index (χ1v) is 6.36. The van der Waals surface area contributed by atoms with Crippen molar-refractivity contribution in [2.45, 2.75) is 25.9 Å². The van der Waals surface area contributed by atoms with Gasteiger partial charge in [-0.2, -0.15) is 5.26 Å². The van der Waals surface area contributed by atoms with Crippen molar-refractivity contribution in [1.29, 1.82) is 5.26 Å². The van der Waals surface area contributed by atoms with Crippen molar-refractivity contribution in [1.82, 2.24) is 10.3 Å². The minimum absolute atomic E-state index is 0.225. The van der Waals surface area contributed by atoms with Gasteiger partial charge in [-0.25, -0.2) is 0 Å². The van der Waals surface area contributed by atoms with Crippen molar-refractivity contribution in [3.05, 3.63) is 65.5 Å². The second-order valence-corrected chi connectivity index (χ2v) is 4.63. The van der Waals surface area contributed by atoms with Gasteiger partial charge in [0, 0.05) is 24.5 Å². The summed E-state index contributed by atoms with van der Waals surface area (Å²) in [6, 6.07) is 14.3. The van der Waals surface area contributed by atoms with E-state index in [-0.39, 0.29) is 12.1 Å². The van der Waals surface area contributed by atoms with Gasteiger partial charge in [-0.3, -0.25) is 4.98 Å². The van der Waals surface area contributed by atoms with E-state index in [4.69, 9.17) is 5.26 Å². The number of rotatable bonds is 4. The van der Waals surface area contributed by atoms with Crippen LogP contribution in [0.25, 0.3) is 0 Å². The Morgan fingerprint density at radius 3 is 2.32 bits per heavy atom. The molecule has 3 nitrogen and oxygen atoms in total. The summed E-state index contributed by atoms with van der Waals surface area (Å²) >= 11 is 0. The van der Waals surface area contributed by atoms with Crippen LogP contribution in [0.1, 0.15) is 42.6 Å². The van der Waals surface area contributed by atoms with Crippen molar-refractivity contribution in [3.63, 3.8) is 0 Å². The molecule has 0 saturated heterocycles. The molecule has 1 aromatic heterocycles. The zero-order chi connectivity index (χ0) is 13.7. The van der Waals surface area contributed by atoms with Gasteiger partial charge in [-0.05, 0) is 43.2 Å². The molecule has 2 atom stereocenters. The van der Waals surface area contributed by atoms with E-state index >= 15 is 0 Å². The van der Waals surface area contributed by atoms with E-state index in [1.165, 1.54) is 11.1 Å². The molecule has 96 valence electrons. The van der Waals surface area contributed by atoms with Gasteiger partial charge in [0.25, 0.3) is 0 Å². The van der Waals surface area contributed by atoms with Gasteiger partial charge in [0.15, 0.2) is 0 Å². The number of nitrogens with zero attached hydrogens (tertiary/aromatic N) is 2. The number of hydrogen-bond acceptors (Lipinski definition) is 3. The minimum Gasteiger partial charge on any atom is -0.304 e. The highest BCUT2D eigenvalue weighted by atomic mass is 14.9. The third kappa shape index (κ3) is 3.40. The van der Waals surface area contributed by atoms with Crippen molar-refractivity contribution in [2.75, 3.05) is 0 Å². The van der Waals surface area contributed by atoms with Gasteiger partial charge < -0.3 is 5.32 Å². The molecule has 0 radical (unpaired) electrons. The smallest absolute Gasteiger partial charge is 0.0991 e. The molecule has 19 heavy (non-hydrogen) atoms. The van der Waals surface area contributed by atoms with Gasteiger partial charge >= 0.3 is 0 Å². The lowest BCUT2D eigenvalue weighted by molar-refractivity contribution is 0.494. The van der Waals surface area contributed by atoms with Crippen LogP contribution in [0.3, 0.4) is 0 Å². The minimum atomic E-state index is 0.225. The Morgan fingerprint density at radius 1 is 1.05 bits per heavy atom. The summed E-state index contributed by atoms with van der Waals surface area (Å²) in [5.74, 6) is 0. The van der Waals surface area contributed by atoms with Crippen LogP contribution in [0.15, 0.2) is 48.8 Å². The first-order valence-electron chi connectivity index (χ1n) is 6.36. The number of hydrogen-bond donors (Lipinski definition) is 1. The molecule has 0 aliphatic carbocycles. The molecule has 1 N–H and O–H groups in total. The second-order valence-electron chi connectivity index (χ2n) is 4.63. The van der Waals surface area contributed by atoms with Crippen LogP contribution < -0.4 is 5.32 Å². The predicted molar refractivity (Wildman–Crippen MR) is 75.4 cm³/mol. The maximum atomic E-state index is 8.79. The third-order valence-corrected chi connectivity index (χ3v) is 3.22. The standard InChI is InChI=1S/C16H17N3/c1-12(15-7-5-14(10-17)6-8-15)19-13(2)16-4-3-9-18-11-16/h3-9,11-13,19H,1-2H3. The van der Waals surface area contributed by atoms with Crippen LogP contribution in [-0.2, 0) is 0 Å². The van der Waals surface area contributed by atoms with Crippen LogP contribution in [0.5, 0.6) is 0 Å². The molecule has 3 heteroatoms. The molecule has 0 aliphatic rings. The predicted octanol–water partition coefficient (Wildman–Crippen LogP) is 3.37. The fourth-order valence-electron chi connectivity index (χ4n) is 2.05. The normalized spacial score (nSPS) is 13.5. The number of nitrogens with one attached hydrogen (secondary N) is 1. The average molecular weight is 251 g/mol. The van der Waals surface area contributed by atoms with E-state index in [1.54, 1.807) is 6.20 Å². The Balaban J connectivity index is 2.04. The molecule has 2 unspecified atom stereocenters. The molecule has 2 rings (SSSR count). The fraction of sp³-hybridized carbons (Fsp3) is 0.250. The van der Waals surface area contributed by atoms with Crippen LogP contribution in [0.2, 0.25) is 0 Å². The first-order chi connectivity index (χ1) is 9.20. The van der Waals surface area contributed by atoms with Crippen molar-refractivity contribution >= 4 is 0 Å². The van der Waals surface area contributed by atoms with Gasteiger partial charge in [0.2, 0.25) is 0 Å². The van der Waals surface area contributed by atoms with Gasteiger partial charge in [0.05, 0.1) is 11.6 Å². The molecule has 0 spiro atoms. The highest BCUT2D eigenvalue weighted by Gasteiger charge is 2.10. The largest absolute Gasteiger partial charge is 0.304 e. The number of benzene rings is 1. The number of nitriles is 1. The van der Waals surface area contributed by atoms with E-state index in [2.05, 4.69) is 36.3 Å². The molecular weight excluding hydrogens is 234 g/mol. The molecule has 0 saturated carbocycles. The second kappa shape index (κ2) is 6.12.